The molecule has 1 N–H and O–H groups in total. The number of aromatic nitrogens is 2. The van der Waals surface area contributed by atoms with E-state index in [4.69, 9.17) is 5.11 Å². The van der Waals surface area contributed by atoms with Crippen molar-refractivity contribution in [1.82, 2.24) is 9.55 Å². The molecule has 1 aromatic carbocycles. The van der Waals surface area contributed by atoms with E-state index in [1.54, 1.807) is 0 Å². The molecule has 0 bridgehead atoms. The van der Waals surface area contributed by atoms with Crippen LogP contribution in [0, 0.1) is 0 Å². The van der Waals surface area contributed by atoms with Crippen molar-refractivity contribution in [3.63, 3.8) is 0 Å². The molecule has 0 aliphatic rings. The monoisotopic (exact) mass is 230 g/mol. The van der Waals surface area contributed by atoms with Crippen LogP contribution in [-0.4, -0.2) is 26.9 Å². The van der Waals surface area contributed by atoms with E-state index in [1.165, 1.54) is 10.9 Å². The van der Waals surface area contributed by atoms with Gasteiger partial charge in [0.05, 0.1) is 12.0 Å². The van der Waals surface area contributed by atoms with Crippen molar-refractivity contribution in [2.24, 2.45) is 0 Å². The lowest BCUT2D eigenvalue weighted by Crippen LogP contribution is -2.10. The van der Waals surface area contributed by atoms with E-state index < -0.39 is 5.97 Å². The largest absolute Gasteiger partial charge is 0.480 e. The van der Waals surface area contributed by atoms with Gasteiger partial charge in [0.25, 0.3) is 0 Å². The van der Waals surface area contributed by atoms with Gasteiger partial charge in [-0.3, -0.25) is 9.59 Å². The lowest BCUT2D eigenvalue weighted by Gasteiger charge is -2.01. The summed E-state index contributed by atoms with van der Waals surface area (Å²) < 4.78 is 1.32. The van der Waals surface area contributed by atoms with Crippen LogP contribution in [-0.2, 0) is 11.3 Å². The predicted molar refractivity (Wildman–Crippen MR) is 60.7 cm³/mol. The highest BCUT2D eigenvalue weighted by Crippen LogP contribution is 2.20. The zero-order valence-electron chi connectivity index (χ0n) is 8.91. The molecule has 5 nitrogen and oxygen atoms in total. The molecule has 0 aliphatic carbocycles. The fourth-order valence-electron chi connectivity index (χ4n) is 1.61. The average Bonchev–Trinajstić information content (AvgIpc) is 2.72. The second kappa shape index (κ2) is 4.61. The number of rotatable bonds is 4. The van der Waals surface area contributed by atoms with Crippen molar-refractivity contribution in [3.8, 4) is 11.3 Å². The SMILES string of the molecule is O=Cc1c(-c2ccccc2)ncn1CC(=O)O. The maximum atomic E-state index is 11.0. The van der Waals surface area contributed by atoms with Gasteiger partial charge in [0.2, 0.25) is 0 Å². The predicted octanol–water partition coefficient (Wildman–Crippen LogP) is 1.45. The zero-order chi connectivity index (χ0) is 12.3. The third-order valence-electron chi connectivity index (χ3n) is 2.34. The fourth-order valence-corrected chi connectivity index (χ4v) is 1.61. The number of carbonyl (C=O) groups excluding carboxylic acids is 1. The van der Waals surface area contributed by atoms with Crippen LogP contribution in [0.1, 0.15) is 10.5 Å². The Morgan fingerprint density at radius 2 is 2.06 bits per heavy atom. The van der Waals surface area contributed by atoms with Gasteiger partial charge in [-0.1, -0.05) is 30.3 Å². The van der Waals surface area contributed by atoms with E-state index in [0.717, 1.165) is 5.56 Å². The smallest absolute Gasteiger partial charge is 0.323 e. The molecule has 1 heterocycles. The van der Waals surface area contributed by atoms with Crippen molar-refractivity contribution in [2.75, 3.05) is 0 Å². The number of hydrogen-bond donors (Lipinski definition) is 1. The molecule has 0 spiro atoms. The van der Waals surface area contributed by atoms with E-state index >= 15 is 0 Å². The van der Waals surface area contributed by atoms with E-state index in [0.29, 0.717) is 12.0 Å². The molecule has 0 amide bonds. The summed E-state index contributed by atoms with van der Waals surface area (Å²) in [6.07, 6.45) is 1.98. The third-order valence-corrected chi connectivity index (χ3v) is 2.34. The number of carboxylic acid groups (broad SMARTS) is 1. The van der Waals surface area contributed by atoms with E-state index in [9.17, 15) is 9.59 Å². The summed E-state index contributed by atoms with van der Waals surface area (Å²) in [5, 5.41) is 8.70. The Morgan fingerprint density at radius 3 is 2.65 bits per heavy atom. The van der Waals surface area contributed by atoms with Gasteiger partial charge in [-0.15, -0.1) is 0 Å². The highest BCUT2D eigenvalue weighted by Gasteiger charge is 2.13. The second-order valence-electron chi connectivity index (χ2n) is 3.48. The molecule has 86 valence electrons. The number of carboxylic acids is 1. The summed E-state index contributed by atoms with van der Waals surface area (Å²) in [4.78, 5) is 25.7. The van der Waals surface area contributed by atoms with E-state index in [1.807, 2.05) is 30.3 Å². The van der Waals surface area contributed by atoms with Crippen molar-refractivity contribution >= 4 is 12.3 Å². The second-order valence-corrected chi connectivity index (χ2v) is 3.48. The minimum atomic E-state index is -1.01. The Bertz CT molecular complexity index is 546. The standard InChI is InChI=1S/C12H10N2O3/c15-7-10-12(9-4-2-1-3-5-9)13-8-14(10)6-11(16)17/h1-5,7-8H,6H2,(H,16,17). The molecule has 17 heavy (non-hydrogen) atoms. The van der Waals surface area contributed by atoms with Gasteiger partial charge in [-0.05, 0) is 0 Å². The summed E-state index contributed by atoms with van der Waals surface area (Å²) in [5.74, 6) is -1.01. The number of benzene rings is 1. The molecule has 0 radical (unpaired) electrons. The normalized spacial score (nSPS) is 10.1. The first-order valence-corrected chi connectivity index (χ1v) is 5.00. The molecule has 0 unspecified atom stereocenters. The van der Waals surface area contributed by atoms with Crippen LogP contribution in [0.25, 0.3) is 11.3 Å². The van der Waals surface area contributed by atoms with Crippen LogP contribution in [0.2, 0.25) is 0 Å². The molecule has 1 aromatic heterocycles. The number of imidazole rings is 1. The van der Waals surface area contributed by atoms with Gasteiger partial charge < -0.3 is 9.67 Å². The first kappa shape index (κ1) is 11.1. The highest BCUT2D eigenvalue weighted by atomic mass is 16.4. The molecule has 2 rings (SSSR count). The van der Waals surface area contributed by atoms with Crippen LogP contribution in [0.3, 0.4) is 0 Å². The first-order chi connectivity index (χ1) is 8.22. The van der Waals surface area contributed by atoms with Gasteiger partial charge in [-0.25, -0.2) is 4.98 Å². The Balaban J connectivity index is 2.46. The minimum Gasteiger partial charge on any atom is -0.480 e. The Morgan fingerprint density at radius 1 is 1.35 bits per heavy atom. The highest BCUT2D eigenvalue weighted by molar-refractivity contribution is 5.84. The number of nitrogens with zero attached hydrogens (tertiary/aromatic N) is 2. The van der Waals surface area contributed by atoms with Crippen molar-refractivity contribution in [2.45, 2.75) is 6.54 Å². The van der Waals surface area contributed by atoms with Crippen LogP contribution < -0.4 is 0 Å². The van der Waals surface area contributed by atoms with Gasteiger partial charge in [-0.2, -0.15) is 0 Å². The van der Waals surface area contributed by atoms with Crippen molar-refractivity contribution < 1.29 is 14.7 Å². The first-order valence-electron chi connectivity index (χ1n) is 5.00. The van der Waals surface area contributed by atoms with Gasteiger partial charge in [0, 0.05) is 5.56 Å². The van der Waals surface area contributed by atoms with Crippen molar-refractivity contribution in [1.29, 1.82) is 0 Å². The maximum Gasteiger partial charge on any atom is 0.323 e. The van der Waals surface area contributed by atoms with Crippen LogP contribution in [0.5, 0.6) is 0 Å². The van der Waals surface area contributed by atoms with Crippen LogP contribution >= 0.6 is 0 Å². The zero-order valence-corrected chi connectivity index (χ0v) is 8.91. The van der Waals surface area contributed by atoms with E-state index in [2.05, 4.69) is 4.98 Å². The summed E-state index contributed by atoms with van der Waals surface area (Å²) in [7, 11) is 0. The Labute approximate surface area is 97.3 Å². The molecule has 0 aliphatic heterocycles. The molecule has 0 atom stereocenters. The van der Waals surface area contributed by atoms with E-state index in [-0.39, 0.29) is 12.2 Å². The molecule has 0 saturated heterocycles. The Kier molecular flexibility index (Phi) is 3.00. The Hall–Kier alpha value is -2.43. The van der Waals surface area contributed by atoms with Gasteiger partial charge in [0.1, 0.15) is 12.2 Å². The van der Waals surface area contributed by atoms with Crippen LogP contribution in [0.15, 0.2) is 36.7 Å². The summed E-state index contributed by atoms with van der Waals surface area (Å²) in [5.41, 5.74) is 1.57. The minimum absolute atomic E-state index is 0.270. The molecular weight excluding hydrogens is 220 g/mol. The average molecular weight is 230 g/mol. The summed E-state index contributed by atoms with van der Waals surface area (Å²) in [6, 6.07) is 9.17. The van der Waals surface area contributed by atoms with Crippen molar-refractivity contribution in [3.05, 3.63) is 42.4 Å². The van der Waals surface area contributed by atoms with Gasteiger partial charge in [0.15, 0.2) is 6.29 Å². The molecule has 2 aromatic rings. The lowest BCUT2D eigenvalue weighted by atomic mass is 10.1. The van der Waals surface area contributed by atoms with Crippen LogP contribution in [0.4, 0.5) is 0 Å². The third kappa shape index (κ3) is 2.23. The fraction of sp³-hybridized carbons (Fsp3) is 0.0833. The van der Waals surface area contributed by atoms with Gasteiger partial charge >= 0.3 is 5.97 Å². The summed E-state index contributed by atoms with van der Waals surface area (Å²) in [6.45, 7) is -0.270. The maximum absolute atomic E-state index is 11.0. The molecular formula is C12H10N2O3. The number of aliphatic carboxylic acids is 1. The number of hydrogen-bond acceptors (Lipinski definition) is 3. The quantitative estimate of drug-likeness (QED) is 0.807. The number of aldehydes is 1. The molecule has 5 heteroatoms. The molecule has 0 fully saturated rings. The summed E-state index contributed by atoms with van der Waals surface area (Å²) >= 11 is 0. The topological polar surface area (TPSA) is 72.2 Å². The molecule has 0 saturated carbocycles. The lowest BCUT2D eigenvalue weighted by molar-refractivity contribution is -0.137. The number of carbonyl (C=O) groups is 2.